The summed E-state index contributed by atoms with van der Waals surface area (Å²) in [6.45, 7) is 4.76. The normalized spacial score (nSPS) is 22.5. The lowest BCUT2D eigenvalue weighted by Crippen LogP contribution is -2.44. The van der Waals surface area contributed by atoms with E-state index >= 15 is 0 Å². The molecule has 1 aromatic carbocycles. The third-order valence-corrected chi connectivity index (χ3v) is 4.78. The third kappa shape index (κ3) is 4.43. The zero-order valence-corrected chi connectivity index (χ0v) is 15.3. The molecule has 3 rings (SSSR count). The summed E-state index contributed by atoms with van der Waals surface area (Å²) in [7, 11) is 0. The standard InChI is InChI=1S/C20H27N3O3/c1-14(2)20-21-11-13-23(20)12-10-18(24)22-16-8-9-17(19(16)25)26-15-6-4-3-5-7-15/h3-7,11,13-14,16-17,19,25H,8-10,12H2,1-2H3,(H,22,24)/t16-,17-,19-/m1/s1. The summed E-state index contributed by atoms with van der Waals surface area (Å²) in [6.07, 6.45) is 4.48. The summed E-state index contributed by atoms with van der Waals surface area (Å²) in [6, 6.07) is 9.20. The van der Waals surface area contributed by atoms with Gasteiger partial charge in [0.25, 0.3) is 0 Å². The van der Waals surface area contributed by atoms with Gasteiger partial charge in [-0.3, -0.25) is 4.79 Å². The summed E-state index contributed by atoms with van der Waals surface area (Å²) in [4.78, 5) is 16.6. The maximum atomic E-state index is 12.3. The van der Waals surface area contributed by atoms with Gasteiger partial charge >= 0.3 is 0 Å². The molecular formula is C20H27N3O3. The number of nitrogens with zero attached hydrogens (tertiary/aromatic N) is 2. The molecule has 26 heavy (non-hydrogen) atoms. The first-order chi connectivity index (χ1) is 12.5. The van der Waals surface area contributed by atoms with Gasteiger partial charge in [0.1, 0.15) is 23.8 Å². The molecule has 6 nitrogen and oxygen atoms in total. The van der Waals surface area contributed by atoms with Gasteiger partial charge in [0.15, 0.2) is 0 Å². The van der Waals surface area contributed by atoms with Gasteiger partial charge in [-0.1, -0.05) is 32.0 Å². The van der Waals surface area contributed by atoms with Crippen molar-refractivity contribution in [2.24, 2.45) is 0 Å². The van der Waals surface area contributed by atoms with Crippen molar-refractivity contribution in [2.45, 2.75) is 63.8 Å². The second-order valence-electron chi connectivity index (χ2n) is 7.09. The number of carbonyl (C=O) groups is 1. The van der Waals surface area contributed by atoms with E-state index in [1.165, 1.54) is 0 Å². The molecule has 0 aliphatic heterocycles. The summed E-state index contributed by atoms with van der Waals surface area (Å²) in [5.74, 6) is 1.98. The molecule has 0 radical (unpaired) electrons. The van der Waals surface area contributed by atoms with E-state index in [0.29, 0.717) is 25.3 Å². The van der Waals surface area contributed by atoms with Crippen LogP contribution in [0.4, 0.5) is 0 Å². The fourth-order valence-electron chi connectivity index (χ4n) is 3.42. The van der Waals surface area contributed by atoms with Gasteiger partial charge in [-0.25, -0.2) is 4.98 Å². The highest BCUT2D eigenvalue weighted by molar-refractivity contribution is 5.76. The predicted molar refractivity (Wildman–Crippen MR) is 99.0 cm³/mol. The lowest BCUT2D eigenvalue weighted by Gasteiger charge is -2.22. The molecule has 1 aliphatic carbocycles. The van der Waals surface area contributed by atoms with Gasteiger partial charge in [0.2, 0.25) is 5.91 Å². The van der Waals surface area contributed by atoms with E-state index in [2.05, 4.69) is 24.1 Å². The summed E-state index contributed by atoms with van der Waals surface area (Å²) >= 11 is 0. The van der Waals surface area contributed by atoms with Crippen LogP contribution in [0.3, 0.4) is 0 Å². The molecular weight excluding hydrogens is 330 g/mol. The number of para-hydroxylation sites is 1. The smallest absolute Gasteiger partial charge is 0.222 e. The number of aliphatic hydroxyl groups is 1. The van der Waals surface area contributed by atoms with Gasteiger partial charge in [-0.05, 0) is 25.0 Å². The predicted octanol–water partition coefficient (Wildman–Crippen LogP) is 2.48. The molecule has 0 unspecified atom stereocenters. The lowest BCUT2D eigenvalue weighted by molar-refractivity contribution is -0.122. The van der Waals surface area contributed by atoms with Crippen LogP contribution in [0.25, 0.3) is 0 Å². The van der Waals surface area contributed by atoms with Crippen molar-refractivity contribution in [2.75, 3.05) is 0 Å². The van der Waals surface area contributed by atoms with Crippen molar-refractivity contribution in [3.8, 4) is 5.75 Å². The highest BCUT2D eigenvalue weighted by Gasteiger charge is 2.37. The average molecular weight is 357 g/mol. The van der Waals surface area contributed by atoms with Crippen molar-refractivity contribution in [1.82, 2.24) is 14.9 Å². The number of hydrogen-bond donors (Lipinski definition) is 2. The maximum absolute atomic E-state index is 12.3. The van der Waals surface area contributed by atoms with E-state index in [9.17, 15) is 9.90 Å². The topological polar surface area (TPSA) is 76.4 Å². The van der Waals surface area contributed by atoms with Crippen molar-refractivity contribution in [3.05, 3.63) is 48.5 Å². The first-order valence-electron chi connectivity index (χ1n) is 9.24. The number of benzene rings is 1. The van der Waals surface area contributed by atoms with Crippen LogP contribution in [0.1, 0.15) is 44.9 Å². The van der Waals surface area contributed by atoms with Gasteiger partial charge in [-0.2, -0.15) is 0 Å². The van der Waals surface area contributed by atoms with Crippen molar-refractivity contribution in [3.63, 3.8) is 0 Å². The SMILES string of the molecule is CC(C)c1nccn1CCC(=O)N[C@@H]1CC[C@@H](Oc2ccccc2)[C@@H]1O. The summed E-state index contributed by atoms with van der Waals surface area (Å²) < 4.78 is 7.86. The van der Waals surface area contributed by atoms with Crippen LogP contribution in [0, 0.1) is 0 Å². The summed E-state index contributed by atoms with van der Waals surface area (Å²) in [5, 5.41) is 13.4. The molecule has 0 saturated heterocycles. The van der Waals surface area contributed by atoms with E-state index in [1.54, 1.807) is 6.20 Å². The average Bonchev–Trinajstić information content (AvgIpc) is 3.23. The van der Waals surface area contributed by atoms with E-state index in [1.807, 2.05) is 41.1 Å². The number of imidazole rings is 1. The Labute approximate surface area is 154 Å². The van der Waals surface area contributed by atoms with E-state index < -0.39 is 6.10 Å². The molecule has 3 atom stereocenters. The van der Waals surface area contributed by atoms with Crippen LogP contribution >= 0.6 is 0 Å². The molecule has 1 aliphatic rings. The number of aromatic nitrogens is 2. The Morgan fingerprint density at radius 1 is 1.35 bits per heavy atom. The molecule has 2 aromatic rings. The molecule has 1 amide bonds. The first-order valence-corrected chi connectivity index (χ1v) is 9.24. The van der Waals surface area contributed by atoms with E-state index in [4.69, 9.17) is 4.74 Å². The van der Waals surface area contributed by atoms with Gasteiger partial charge in [0, 0.05) is 31.3 Å². The number of nitrogens with one attached hydrogen (secondary N) is 1. The number of aryl methyl sites for hydroxylation is 1. The van der Waals surface area contributed by atoms with Crippen LogP contribution in [-0.4, -0.2) is 38.8 Å². The first kappa shape index (κ1) is 18.5. The zero-order valence-electron chi connectivity index (χ0n) is 15.3. The maximum Gasteiger partial charge on any atom is 0.222 e. The minimum atomic E-state index is -0.696. The van der Waals surface area contributed by atoms with Gasteiger partial charge < -0.3 is 19.7 Å². The van der Waals surface area contributed by atoms with Crippen LogP contribution in [-0.2, 0) is 11.3 Å². The number of amides is 1. The second-order valence-corrected chi connectivity index (χ2v) is 7.09. The molecule has 0 spiro atoms. The fourth-order valence-corrected chi connectivity index (χ4v) is 3.42. The Bertz CT molecular complexity index is 714. The lowest BCUT2D eigenvalue weighted by atomic mass is 10.2. The Morgan fingerprint density at radius 2 is 2.12 bits per heavy atom. The molecule has 2 N–H and O–H groups in total. The van der Waals surface area contributed by atoms with Crippen molar-refractivity contribution in [1.29, 1.82) is 0 Å². The van der Waals surface area contributed by atoms with Crippen LogP contribution < -0.4 is 10.1 Å². The Balaban J connectivity index is 1.48. The quantitative estimate of drug-likeness (QED) is 0.798. The third-order valence-electron chi connectivity index (χ3n) is 4.78. The Kier molecular flexibility index (Phi) is 5.93. The molecule has 6 heteroatoms. The molecule has 140 valence electrons. The highest BCUT2D eigenvalue weighted by Crippen LogP contribution is 2.25. The van der Waals surface area contributed by atoms with Crippen LogP contribution in [0.5, 0.6) is 5.75 Å². The number of carbonyl (C=O) groups excluding carboxylic acids is 1. The Morgan fingerprint density at radius 3 is 2.85 bits per heavy atom. The number of aliphatic hydroxyl groups excluding tert-OH is 1. The van der Waals surface area contributed by atoms with Crippen molar-refractivity contribution >= 4 is 5.91 Å². The fraction of sp³-hybridized carbons (Fsp3) is 0.500. The Hall–Kier alpha value is -2.34. The van der Waals surface area contributed by atoms with Crippen molar-refractivity contribution < 1.29 is 14.6 Å². The minimum Gasteiger partial charge on any atom is -0.488 e. The minimum absolute atomic E-state index is 0.0576. The van der Waals surface area contributed by atoms with Crippen LogP contribution in [0.15, 0.2) is 42.7 Å². The zero-order chi connectivity index (χ0) is 18.5. The second kappa shape index (κ2) is 8.36. The number of rotatable bonds is 7. The number of hydrogen-bond acceptors (Lipinski definition) is 4. The van der Waals surface area contributed by atoms with E-state index in [0.717, 1.165) is 18.0 Å². The molecule has 0 bridgehead atoms. The molecule has 1 aromatic heterocycles. The van der Waals surface area contributed by atoms with Gasteiger partial charge in [-0.15, -0.1) is 0 Å². The molecule has 1 fully saturated rings. The summed E-state index contributed by atoms with van der Waals surface area (Å²) in [5.41, 5.74) is 0. The van der Waals surface area contributed by atoms with Gasteiger partial charge in [0.05, 0.1) is 6.04 Å². The molecule has 1 heterocycles. The number of ether oxygens (including phenoxy) is 1. The van der Waals surface area contributed by atoms with Crippen LogP contribution in [0.2, 0.25) is 0 Å². The highest BCUT2D eigenvalue weighted by atomic mass is 16.5. The van der Waals surface area contributed by atoms with E-state index in [-0.39, 0.29) is 18.1 Å². The molecule has 1 saturated carbocycles. The monoisotopic (exact) mass is 357 g/mol. The largest absolute Gasteiger partial charge is 0.488 e.